The van der Waals surface area contributed by atoms with Crippen LogP contribution in [0.15, 0.2) is 78.7 Å². The summed E-state index contributed by atoms with van der Waals surface area (Å²) < 4.78 is 24.6. The zero-order valence-electron chi connectivity index (χ0n) is 14.4. The van der Waals surface area contributed by atoms with Crippen LogP contribution in [0.2, 0.25) is 5.15 Å². The number of ether oxygens (including phenoxy) is 2. The van der Waals surface area contributed by atoms with Gasteiger partial charge in [-0.1, -0.05) is 54.1 Å². The Morgan fingerprint density at radius 2 is 1.74 bits per heavy atom. The van der Waals surface area contributed by atoms with Crippen molar-refractivity contribution < 1.29 is 18.7 Å². The van der Waals surface area contributed by atoms with Crippen molar-refractivity contribution in [3.63, 3.8) is 0 Å². The van der Waals surface area contributed by atoms with Crippen LogP contribution < -0.4 is 4.74 Å². The largest absolute Gasteiger partial charge is 0.463 e. The van der Waals surface area contributed by atoms with Crippen molar-refractivity contribution in [2.24, 2.45) is 0 Å². The molecular weight excluding hydrogens is 369 g/mol. The summed E-state index contributed by atoms with van der Waals surface area (Å²) in [7, 11) is 1.25. The number of methoxy groups -OCH3 is 1. The number of benzene rings is 2. The molecule has 0 atom stereocenters. The lowest BCUT2D eigenvalue weighted by Crippen LogP contribution is -2.14. The first-order chi connectivity index (χ1) is 13.1. The van der Waals surface area contributed by atoms with Gasteiger partial charge in [-0.05, 0) is 29.3 Å². The number of pyridine rings is 1. The first-order valence-corrected chi connectivity index (χ1v) is 8.39. The van der Waals surface area contributed by atoms with E-state index in [-0.39, 0.29) is 10.9 Å². The Labute approximate surface area is 160 Å². The number of carbonyl (C=O) groups excluding carboxylic acids is 1. The molecule has 136 valence electrons. The SMILES string of the molecule is COC(=O)C(Oc1ccnc(Cl)c1)=C(c1ccccc1)c1cccc(F)c1. The molecule has 3 aromatic rings. The van der Waals surface area contributed by atoms with E-state index in [0.717, 1.165) is 0 Å². The maximum atomic E-state index is 13.9. The summed E-state index contributed by atoms with van der Waals surface area (Å²) in [4.78, 5) is 16.4. The van der Waals surface area contributed by atoms with E-state index in [2.05, 4.69) is 4.98 Å². The van der Waals surface area contributed by atoms with Gasteiger partial charge in [0.15, 0.2) is 0 Å². The van der Waals surface area contributed by atoms with Gasteiger partial charge in [-0.2, -0.15) is 0 Å². The number of hydrogen-bond acceptors (Lipinski definition) is 4. The lowest BCUT2D eigenvalue weighted by Gasteiger charge is -2.16. The van der Waals surface area contributed by atoms with E-state index in [9.17, 15) is 9.18 Å². The molecule has 3 rings (SSSR count). The third-order valence-electron chi connectivity index (χ3n) is 3.69. The second kappa shape index (κ2) is 8.47. The molecule has 0 aliphatic heterocycles. The summed E-state index contributed by atoms with van der Waals surface area (Å²) in [5.41, 5.74) is 1.54. The van der Waals surface area contributed by atoms with E-state index in [1.807, 2.05) is 18.2 Å². The zero-order valence-corrected chi connectivity index (χ0v) is 15.1. The van der Waals surface area contributed by atoms with Crippen molar-refractivity contribution in [3.8, 4) is 5.75 Å². The number of halogens is 2. The molecule has 1 heterocycles. The first-order valence-electron chi connectivity index (χ1n) is 8.02. The van der Waals surface area contributed by atoms with Crippen LogP contribution in [-0.2, 0) is 9.53 Å². The van der Waals surface area contributed by atoms with Crippen LogP contribution in [0.25, 0.3) is 5.57 Å². The molecule has 0 saturated carbocycles. The fourth-order valence-corrected chi connectivity index (χ4v) is 2.70. The summed E-state index contributed by atoms with van der Waals surface area (Å²) in [6.45, 7) is 0. The van der Waals surface area contributed by atoms with E-state index >= 15 is 0 Å². The molecule has 27 heavy (non-hydrogen) atoms. The van der Waals surface area contributed by atoms with Gasteiger partial charge in [0.05, 0.1) is 7.11 Å². The highest BCUT2D eigenvalue weighted by molar-refractivity contribution is 6.29. The third kappa shape index (κ3) is 4.51. The minimum atomic E-state index is -0.703. The predicted octanol–water partition coefficient (Wildman–Crippen LogP) is 4.89. The smallest absolute Gasteiger partial charge is 0.374 e. The lowest BCUT2D eigenvalue weighted by atomic mass is 9.96. The summed E-state index contributed by atoms with van der Waals surface area (Å²) >= 11 is 5.90. The van der Waals surface area contributed by atoms with Crippen molar-refractivity contribution in [2.45, 2.75) is 0 Å². The highest BCUT2D eigenvalue weighted by Crippen LogP contribution is 2.30. The van der Waals surface area contributed by atoms with Gasteiger partial charge in [0.1, 0.15) is 16.7 Å². The van der Waals surface area contributed by atoms with E-state index in [0.29, 0.717) is 22.4 Å². The van der Waals surface area contributed by atoms with E-state index in [4.69, 9.17) is 21.1 Å². The second-order valence-corrected chi connectivity index (χ2v) is 5.88. The Morgan fingerprint density at radius 3 is 2.41 bits per heavy atom. The normalized spacial score (nSPS) is 11.5. The molecular formula is C21H15ClFNO3. The van der Waals surface area contributed by atoms with Gasteiger partial charge in [-0.25, -0.2) is 14.2 Å². The minimum Gasteiger partial charge on any atom is -0.463 e. The van der Waals surface area contributed by atoms with Crippen LogP contribution >= 0.6 is 11.6 Å². The molecule has 0 saturated heterocycles. The maximum Gasteiger partial charge on any atom is 0.374 e. The lowest BCUT2D eigenvalue weighted by molar-refractivity contribution is -0.138. The second-order valence-electron chi connectivity index (χ2n) is 5.49. The van der Waals surface area contributed by atoms with Crippen molar-refractivity contribution in [1.29, 1.82) is 0 Å². The number of esters is 1. The van der Waals surface area contributed by atoms with Gasteiger partial charge in [0.2, 0.25) is 5.76 Å². The standard InChI is InChI=1S/C21H15ClFNO3/c1-26-21(25)20(27-17-10-11-24-18(22)13-17)19(14-6-3-2-4-7-14)15-8-5-9-16(23)12-15/h2-13H,1H3. The quantitative estimate of drug-likeness (QED) is 0.272. The fourth-order valence-electron chi connectivity index (χ4n) is 2.53. The van der Waals surface area contributed by atoms with Crippen LogP contribution in [0.1, 0.15) is 11.1 Å². The molecule has 4 nitrogen and oxygen atoms in total. The fraction of sp³-hybridized carbons (Fsp3) is 0.0476. The molecule has 0 radical (unpaired) electrons. The van der Waals surface area contributed by atoms with E-state index in [1.165, 1.54) is 31.5 Å². The molecule has 0 unspecified atom stereocenters. The topological polar surface area (TPSA) is 48.4 Å². The average molecular weight is 384 g/mol. The molecule has 0 amide bonds. The summed E-state index contributed by atoms with van der Waals surface area (Å²) in [5, 5.41) is 0.212. The molecule has 2 aromatic carbocycles. The Morgan fingerprint density at radius 1 is 1.00 bits per heavy atom. The Kier molecular flexibility index (Phi) is 5.84. The van der Waals surface area contributed by atoms with Crippen LogP contribution in [0, 0.1) is 5.82 Å². The van der Waals surface area contributed by atoms with Crippen LogP contribution in [0.5, 0.6) is 5.75 Å². The van der Waals surface area contributed by atoms with Gasteiger partial charge in [-0.3, -0.25) is 0 Å². The van der Waals surface area contributed by atoms with Crippen LogP contribution in [0.3, 0.4) is 0 Å². The maximum absolute atomic E-state index is 13.9. The monoisotopic (exact) mass is 383 g/mol. The molecule has 0 spiro atoms. The highest BCUT2D eigenvalue weighted by atomic mass is 35.5. The molecule has 0 fully saturated rings. The number of rotatable bonds is 5. The van der Waals surface area contributed by atoms with Gasteiger partial charge in [0, 0.05) is 17.8 Å². The Bertz CT molecular complexity index is 989. The van der Waals surface area contributed by atoms with Crippen molar-refractivity contribution in [1.82, 2.24) is 4.98 Å². The van der Waals surface area contributed by atoms with Crippen LogP contribution in [-0.4, -0.2) is 18.1 Å². The van der Waals surface area contributed by atoms with Gasteiger partial charge < -0.3 is 9.47 Å². The average Bonchev–Trinajstić information content (AvgIpc) is 2.68. The van der Waals surface area contributed by atoms with Crippen molar-refractivity contribution in [2.75, 3.05) is 7.11 Å². The molecule has 0 N–H and O–H groups in total. The summed E-state index contributed by atoms with van der Waals surface area (Å²) in [6, 6.07) is 18.0. The van der Waals surface area contributed by atoms with Crippen molar-refractivity contribution >= 4 is 23.1 Å². The van der Waals surface area contributed by atoms with E-state index < -0.39 is 11.8 Å². The predicted molar refractivity (Wildman–Crippen MR) is 101 cm³/mol. The molecule has 0 aliphatic rings. The number of aromatic nitrogens is 1. The van der Waals surface area contributed by atoms with Crippen molar-refractivity contribution in [3.05, 3.63) is 101 Å². The number of carbonyl (C=O) groups is 1. The zero-order chi connectivity index (χ0) is 19.2. The molecule has 6 heteroatoms. The number of nitrogens with zero attached hydrogens (tertiary/aromatic N) is 1. The van der Waals surface area contributed by atoms with Gasteiger partial charge in [0.25, 0.3) is 0 Å². The van der Waals surface area contributed by atoms with Crippen LogP contribution in [0.4, 0.5) is 4.39 Å². The summed E-state index contributed by atoms with van der Waals surface area (Å²) in [5.74, 6) is -0.917. The van der Waals surface area contributed by atoms with E-state index in [1.54, 1.807) is 30.3 Å². The summed E-state index contributed by atoms with van der Waals surface area (Å²) in [6.07, 6.45) is 1.46. The molecule has 0 aliphatic carbocycles. The Balaban J connectivity index is 2.24. The Hall–Kier alpha value is -3.18. The van der Waals surface area contributed by atoms with Gasteiger partial charge >= 0.3 is 5.97 Å². The highest BCUT2D eigenvalue weighted by Gasteiger charge is 2.22. The molecule has 1 aromatic heterocycles. The minimum absolute atomic E-state index is 0.0865. The third-order valence-corrected chi connectivity index (χ3v) is 3.90. The molecule has 0 bridgehead atoms. The van der Waals surface area contributed by atoms with Gasteiger partial charge in [-0.15, -0.1) is 0 Å². The first kappa shape index (κ1) is 18.6. The number of hydrogen-bond donors (Lipinski definition) is 0.